The van der Waals surface area contributed by atoms with Crippen molar-refractivity contribution in [2.75, 3.05) is 0 Å². The lowest BCUT2D eigenvalue weighted by Gasteiger charge is -2.06. The lowest BCUT2D eigenvalue weighted by Crippen LogP contribution is -2.26. The van der Waals surface area contributed by atoms with Gasteiger partial charge in [0, 0.05) is 11.6 Å². The topological polar surface area (TPSA) is 38.3 Å². The van der Waals surface area contributed by atoms with Gasteiger partial charge in [-0.05, 0) is 20.8 Å². The third-order valence-electron chi connectivity index (χ3n) is 0.736. The zero-order chi connectivity index (χ0) is 8.15. The Hall–Kier alpha value is -0.830. The van der Waals surface area contributed by atoms with Crippen LogP contribution in [0.25, 0.3) is 0 Å². The van der Waals surface area contributed by atoms with E-state index in [0.29, 0.717) is 5.57 Å². The van der Waals surface area contributed by atoms with Crippen molar-refractivity contribution in [3.05, 3.63) is 12.2 Å². The maximum atomic E-state index is 10.7. The van der Waals surface area contributed by atoms with Crippen LogP contribution in [0.1, 0.15) is 20.8 Å². The van der Waals surface area contributed by atoms with Crippen LogP contribution < -0.4 is 5.48 Å². The van der Waals surface area contributed by atoms with Crippen LogP contribution in [0.3, 0.4) is 0 Å². The number of nitrogens with one attached hydrogen (secondary N) is 1. The van der Waals surface area contributed by atoms with Crippen molar-refractivity contribution >= 4 is 5.97 Å². The monoisotopic (exact) mass is 143 g/mol. The molecule has 0 aliphatic heterocycles. The van der Waals surface area contributed by atoms with Crippen LogP contribution in [0, 0.1) is 0 Å². The number of hydroxylamine groups is 1. The zero-order valence-electron chi connectivity index (χ0n) is 6.60. The first-order chi connectivity index (χ1) is 4.54. The highest BCUT2D eigenvalue weighted by atomic mass is 16.7. The van der Waals surface area contributed by atoms with E-state index in [0.717, 1.165) is 0 Å². The fraction of sp³-hybridized carbons (Fsp3) is 0.571. The molecule has 0 fully saturated rings. The SMILES string of the molecule is C=C(C)C(=O)ONC(C)C. The molecule has 0 aliphatic carbocycles. The largest absolute Gasteiger partial charge is 0.367 e. The van der Waals surface area contributed by atoms with Gasteiger partial charge in [0.1, 0.15) is 0 Å². The van der Waals surface area contributed by atoms with Gasteiger partial charge in [-0.25, -0.2) is 4.79 Å². The Kier molecular flexibility index (Phi) is 3.72. The molecule has 0 aromatic carbocycles. The van der Waals surface area contributed by atoms with Crippen LogP contribution in [0.15, 0.2) is 12.2 Å². The molecule has 0 bridgehead atoms. The average molecular weight is 143 g/mol. The summed E-state index contributed by atoms with van der Waals surface area (Å²) in [5.74, 6) is -0.409. The van der Waals surface area contributed by atoms with Crippen LogP contribution >= 0.6 is 0 Å². The van der Waals surface area contributed by atoms with E-state index < -0.39 is 5.97 Å². The second kappa shape index (κ2) is 4.06. The molecule has 0 atom stereocenters. The van der Waals surface area contributed by atoms with Gasteiger partial charge >= 0.3 is 5.97 Å². The highest BCUT2D eigenvalue weighted by Gasteiger charge is 2.02. The third-order valence-corrected chi connectivity index (χ3v) is 0.736. The van der Waals surface area contributed by atoms with E-state index in [4.69, 9.17) is 0 Å². The van der Waals surface area contributed by atoms with E-state index in [1.807, 2.05) is 13.8 Å². The first-order valence-electron chi connectivity index (χ1n) is 3.16. The molecule has 0 heterocycles. The molecule has 0 aromatic rings. The predicted octanol–water partition coefficient (Wildman–Crippen LogP) is 1.02. The summed E-state index contributed by atoms with van der Waals surface area (Å²) in [5, 5.41) is 0. The predicted molar refractivity (Wildman–Crippen MR) is 39.2 cm³/mol. The highest BCUT2D eigenvalue weighted by Crippen LogP contribution is 1.89. The second-order valence-corrected chi connectivity index (χ2v) is 2.44. The van der Waals surface area contributed by atoms with Crippen LogP contribution in [-0.4, -0.2) is 12.0 Å². The van der Waals surface area contributed by atoms with Gasteiger partial charge in [-0.3, -0.25) is 0 Å². The minimum atomic E-state index is -0.409. The Balaban J connectivity index is 3.50. The summed E-state index contributed by atoms with van der Waals surface area (Å²) in [6.07, 6.45) is 0. The number of rotatable bonds is 3. The van der Waals surface area contributed by atoms with Gasteiger partial charge in [0.25, 0.3) is 0 Å². The van der Waals surface area contributed by atoms with Gasteiger partial charge in [0.2, 0.25) is 0 Å². The number of carbonyl (C=O) groups is 1. The first-order valence-corrected chi connectivity index (χ1v) is 3.16. The molecule has 1 N–H and O–H groups in total. The summed E-state index contributed by atoms with van der Waals surface area (Å²) in [6, 6.07) is 0.142. The molecule has 3 heteroatoms. The standard InChI is InChI=1S/C7H13NO2/c1-5(2)7(9)10-8-6(3)4/h6,8H,1H2,2-4H3. The molecular weight excluding hydrogens is 130 g/mol. The summed E-state index contributed by atoms with van der Waals surface area (Å²) in [4.78, 5) is 15.2. The fourth-order valence-electron chi connectivity index (χ4n) is 0.258. The lowest BCUT2D eigenvalue weighted by molar-refractivity contribution is -0.147. The van der Waals surface area contributed by atoms with E-state index in [-0.39, 0.29) is 6.04 Å². The number of hydrogen-bond acceptors (Lipinski definition) is 3. The van der Waals surface area contributed by atoms with Gasteiger partial charge in [0.05, 0.1) is 0 Å². The lowest BCUT2D eigenvalue weighted by atomic mass is 10.4. The minimum absolute atomic E-state index is 0.142. The molecule has 0 aromatic heterocycles. The number of hydrogen-bond donors (Lipinski definition) is 1. The maximum absolute atomic E-state index is 10.7. The van der Waals surface area contributed by atoms with Crippen LogP contribution in [0.5, 0.6) is 0 Å². The van der Waals surface area contributed by atoms with Gasteiger partial charge in [-0.1, -0.05) is 6.58 Å². The Morgan fingerprint density at radius 1 is 1.60 bits per heavy atom. The first kappa shape index (κ1) is 9.17. The van der Waals surface area contributed by atoms with Crippen LogP contribution in [0.4, 0.5) is 0 Å². The fourth-order valence-corrected chi connectivity index (χ4v) is 0.258. The molecule has 0 saturated heterocycles. The van der Waals surface area contributed by atoms with E-state index >= 15 is 0 Å². The smallest absolute Gasteiger partial charge is 0.351 e. The van der Waals surface area contributed by atoms with Crippen molar-refractivity contribution in [1.82, 2.24) is 5.48 Å². The summed E-state index contributed by atoms with van der Waals surface area (Å²) >= 11 is 0. The van der Waals surface area contributed by atoms with Crippen molar-refractivity contribution in [2.45, 2.75) is 26.8 Å². The van der Waals surface area contributed by atoms with E-state index in [2.05, 4.69) is 16.9 Å². The Labute approximate surface area is 61.0 Å². The highest BCUT2D eigenvalue weighted by molar-refractivity contribution is 5.86. The van der Waals surface area contributed by atoms with E-state index in [9.17, 15) is 4.79 Å². The Bertz CT molecular complexity index is 141. The third kappa shape index (κ3) is 4.09. The van der Waals surface area contributed by atoms with Crippen molar-refractivity contribution < 1.29 is 9.63 Å². The van der Waals surface area contributed by atoms with E-state index in [1.165, 1.54) is 0 Å². The molecule has 10 heavy (non-hydrogen) atoms. The summed E-state index contributed by atoms with van der Waals surface area (Å²) in [6.45, 7) is 8.78. The Morgan fingerprint density at radius 2 is 2.10 bits per heavy atom. The normalized spacial score (nSPS) is 9.60. The number of carbonyl (C=O) groups excluding carboxylic acids is 1. The van der Waals surface area contributed by atoms with Gasteiger partial charge in [-0.2, -0.15) is 5.48 Å². The van der Waals surface area contributed by atoms with Crippen molar-refractivity contribution in [3.8, 4) is 0 Å². The molecule has 0 unspecified atom stereocenters. The van der Waals surface area contributed by atoms with Gasteiger partial charge < -0.3 is 4.84 Å². The van der Waals surface area contributed by atoms with E-state index in [1.54, 1.807) is 6.92 Å². The molecule has 0 radical (unpaired) electrons. The molecule has 0 aliphatic rings. The Morgan fingerprint density at radius 3 is 2.40 bits per heavy atom. The molecule has 0 amide bonds. The van der Waals surface area contributed by atoms with Gasteiger partial charge in [-0.15, -0.1) is 0 Å². The minimum Gasteiger partial charge on any atom is -0.367 e. The van der Waals surface area contributed by atoms with Crippen molar-refractivity contribution in [3.63, 3.8) is 0 Å². The summed E-state index contributed by atoms with van der Waals surface area (Å²) < 4.78 is 0. The average Bonchev–Trinajstić information content (AvgIpc) is 1.82. The maximum Gasteiger partial charge on any atom is 0.351 e. The molecule has 3 nitrogen and oxygen atoms in total. The molecule has 58 valence electrons. The zero-order valence-corrected chi connectivity index (χ0v) is 6.60. The van der Waals surface area contributed by atoms with Crippen molar-refractivity contribution in [2.24, 2.45) is 0 Å². The molecule has 0 spiro atoms. The van der Waals surface area contributed by atoms with Crippen LogP contribution in [-0.2, 0) is 9.63 Å². The molecular formula is C7H13NO2. The van der Waals surface area contributed by atoms with Crippen molar-refractivity contribution in [1.29, 1.82) is 0 Å². The quantitative estimate of drug-likeness (QED) is 0.473. The molecule has 0 rings (SSSR count). The summed E-state index contributed by atoms with van der Waals surface area (Å²) in [7, 11) is 0. The summed E-state index contributed by atoms with van der Waals surface area (Å²) in [5.41, 5.74) is 2.91. The second-order valence-electron chi connectivity index (χ2n) is 2.44. The van der Waals surface area contributed by atoms with Crippen LogP contribution in [0.2, 0.25) is 0 Å². The molecule has 0 saturated carbocycles. The van der Waals surface area contributed by atoms with Gasteiger partial charge in [0.15, 0.2) is 0 Å².